The Morgan fingerprint density at radius 3 is 1.88 bits per heavy atom. The van der Waals surface area contributed by atoms with E-state index in [2.05, 4.69) is 4.74 Å². The summed E-state index contributed by atoms with van der Waals surface area (Å²) >= 11 is 0. The zero-order chi connectivity index (χ0) is 33.5. The summed E-state index contributed by atoms with van der Waals surface area (Å²) in [5.41, 5.74) is -1.90. The first-order valence-electron chi connectivity index (χ1n) is 13.5. The van der Waals surface area contributed by atoms with Gasteiger partial charge in [-0.2, -0.15) is 26.3 Å². The van der Waals surface area contributed by atoms with Crippen LogP contribution in [0, 0.1) is 34.5 Å². The van der Waals surface area contributed by atoms with Gasteiger partial charge in [0, 0.05) is 11.8 Å². The van der Waals surface area contributed by atoms with E-state index in [1.54, 1.807) is 0 Å². The predicted molar refractivity (Wildman–Crippen MR) is 130 cm³/mol. The summed E-state index contributed by atoms with van der Waals surface area (Å²) in [6, 6.07) is 0. The van der Waals surface area contributed by atoms with Crippen molar-refractivity contribution in [1.29, 1.82) is 0 Å². The molecule has 0 radical (unpaired) electrons. The van der Waals surface area contributed by atoms with Gasteiger partial charge in [0.1, 0.15) is 12.2 Å². The summed E-state index contributed by atoms with van der Waals surface area (Å²) in [7, 11) is 1.31. The van der Waals surface area contributed by atoms with Crippen molar-refractivity contribution in [2.45, 2.75) is 97.2 Å². The summed E-state index contributed by atoms with van der Waals surface area (Å²) in [5.74, 6) is -21.9. The molecule has 16 heteroatoms. The Bertz CT molecular complexity index is 1080. The summed E-state index contributed by atoms with van der Waals surface area (Å²) in [6.07, 6.45) is -4.51. The van der Waals surface area contributed by atoms with Gasteiger partial charge < -0.3 is 18.9 Å². The molecule has 3 fully saturated rings. The van der Waals surface area contributed by atoms with E-state index in [-0.39, 0.29) is 30.2 Å². The molecule has 0 spiro atoms. The number of hydrogen-bond donors (Lipinski definition) is 0. The van der Waals surface area contributed by atoms with Gasteiger partial charge in [0.25, 0.3) is 0 Å². The molecule has 248 valence electrons. The molecule has 2 saturated carbocycles. The lowest BCUT2D eigenvalue weighted by molar-refractivity contribution is -0.344. The van der Waals surface area contributed by atoms with Crippen molar-refractivity contribution in [3.63, 3.8) is 0 Å². The maximum absolute atomic E-state index is 13.1. The van der Waals surface area contributed by atoms with Crippen LogP contribution in [0.2, 0.25) is 0 Å². The van der Waals surface area contributed by atoms with Crippen molar-refractivity contribution in [3.8, 4) is 0 Å². The van der Waals surface area contributed by atoms with Gasteiger partial charge in [0.2, 0.25) is 0 Å². The number of carbonyl (C=O) groups excluding carboxylic acids is 4. The lowest BCUT2D eigenvalue weighted by Gasteiger charge is -2.32. The Hall–Kier alpha value is -2.68. The fraction of sp³-hybridized carbons (Fsp3) is 0.852. The Morgan fingerprint density at radius 2 is 1.42 bits per heavy atom. The summed E-state index contributed by atoms with van der Waals surface area (Å²) in [4.78, 5) is 47.8. The van der Waals surface area contributed by atoms with E-state index in [1.807, 2.05) is 20.8 Å². The van der Waals surface area contributed by atoms with E-state index in [0.29, 0.717) is 12.8 Å². The molecule has 6 atom stereocenters. The third-order valence-corrected chi connectivity index (χ3v) is 8.67. The zero-order valence-electron chi connectivity index (χ0n) is 24.7. The van der Waals surface area contributed by atoms with Crippen LogP contribution in [0.1, 0.15) is 60.8 Å². The quantitative estimate of drug-likeness (QED) is 0.167. The van der Waals surface area contributed by atoms with E-state index in [0.717, 1.165) is 0 Å². The van der Waals surface area contributed by atoms with Crippen LogP contribution >= 0.6 is 0 Å². The van der Waals surface area contributed by atoms with Gasteiger partial charge in [-0.25, -0.2) is 8.78 Å². The number of ether oxygens (including phenoxy) is 4. The number of esters is 4. The fourth-order valence-corrected chi connectivity index (χ4v) is 5.00. The molecule has 2 aliphatic carbocycles. The van der Waals surface area contributed by atoms with Crippen molar-refractivity contribution >= 4 is 23.9 Å². The second kappa shape index (κ2) is 12.4. The Balaban J connectivity index is 0.000000301. The van der Waals surface area contributed by atoms with Crippen molar-refractivity contribution < 1.29 is 73.2 Å². The molecule has 1 saturated heterocycles. The van der Waals surface area contributed by atoms with Crippen LogP contribution in [0.4, 0.5) is 35.1 Å². The van der Waals surface area contributed by atoms with Crippen molar-refractivity contribution in [2.24, 2.45) is 34.5 Å². The summed E-state index contributed by atoms with van der Waals surface area (Å²) in [6.45, 7) is 7.11. The first-order valence-corrected chi connectivity index (χ1v) is 13.5. The second-order valence-electron chi connectivity index (χ2n) is 12.2. The molecule has 3 aliphatic rings. The largest absolute Gasteiger partial charge is 0.469 e. The van der Waals surface area contributed by atoms with Gasteiger partial charge in [0.05, 0.1) is 29.8 Å². The van der Waals surface area contributed by atoms with Gasteiger partial charge >= 0.3 is 48.1 Å². The van der Waals surface area contributed by atoms with E-state index in [1.165, 1.54) is 27.9 Å². The molecule has 1 heterocycles. The maximum atomic E-state index is 13.1. The molecular formula is C27H36F8O8. The number of methoxy groups -OCH3 is 1. The van der Waals surface area contributed by atoms with Gasteiger partial charge in [0.15, 0.2) is 6.61 Å². The van der Waals surface area contributed by atoms with Crippen LogP contribution in [-0.4, -0.2) is 74.0 Å². The lowest BCUT2D eigenvalue weighted by atomic mass is 9.78. The van der Waals surface area contributed by atoms with Crippen molar-refractivity contribution in [1.82, 2.24) is 0 Å². The molecular weight excluding hydrogens is 604 g/mol. The van der Waals surface area contributed by atoms with E-state index in [9.17, 15) is 54.3 Å². The number of halogens is 8. The topological polar surface area (TPSA) is 105 Å². The Kier molecular flexibility index (Phi) is 10.5. The minimum Gasteiger partial charge on any atom is -0.469 e. The van der Waals surface area contributed by atoms with Crippen LogP contribution in [0.15, 0.2) is 0 Å². The van der Waals surface area contributed by atoms with E-state index < -0.39 is 77.6 Å². The van der Waals surface area contributed by atoms with Crippen LogP contribution < -0.4 is 0 Å². The second-order valence-corrected chi connectivity index (χ2v) is 12.2. The molecule has 0 aromatic carbocycles. The number of hydrogen-bond acceptors (Lipinski definition) is 8. The molecule has 8 nitrogen and oxygen atoms in total. The highest BCUT2D eigenvalue weighted by Crippen LogP contribution is 2.59. The van der Waals surface area contributed by atoms with Crippen LogP contribution in [0.3, 0.4) is 0 Å². The SMILES string of the molecule is CCC(C)(C)C(=O)OC1C2CC3C1OC(=O)C3C2C(=O)OC.CCC(C)(C)C(=O)OCC(F)(F)C(F)(F)C(F)(F)C(F)F. The smallest absolute Gasteiger partial charge is 0.381 e. The average molecular weight is 641 g/mol. The minimum absolute atomic E-state index is 0.0378. The number of alkyl halides is 8. The number of fused-ring (bicyclic) bond motifs is 1. The molecule has 43 heavy (non-hydrogen) atoms. The Morgan fingerprint density at radius 1 is 0.907 bits per heavy atom. The van der Waals surface area contributed by atoms with Crippen molar-refractivity contribution in [2.75, 3.05) is 13.7 Å². The molecule has 0 aromatic heterocycles. The first kappa shape index (κ1) is 36.5. The van der Waals surface area contributed by atoms with E-state index in [4.69, 9.17) is 14.2 Å². The molecule has 0 amide bonds. The van der Waals surface area contributed by atoms with Gasteiger partial charge in [-0.3, -0.25) is 19.2 Å². The van der Waals surface area contributed by atoms with Crippen LogP contribution in [0.25, 0.3) is 0 Å². The third-order valence-electron chi connectivity index (χ3n) is 8.67. The fourth-order valence-electron chi connectivity index (χ4n) is 5.00. The summed E-state index contributed by atoms with van der Waals surface area (Å²) < 4.78 is 120. The number of carbonyl (C=O) groups is 4. The molecule has 6 unspecified atom stereocenters. The zero-order valence-corrected chi connectivity index (χ0v) is 24.7. The minimum atomic E-state index is -6.37. The van der Waals surface area contributed by atoms with Crippen LogP contribution in [-0.2, 0) is 38.1 Å². The highest BCUT2D eigenvalue weighted by molar-refractivity contribution is 5.86. The van der Waals surface area contributed by atoms with Gasteiger partial charge in [-0.15, -0.1) is 0 Å². The standard InChI is InChI=1S/C16H22O6.C11H14F8O2/c1-5-16(2,3)15(19)22-12-7-6-8-10(9(7)13(17)20-4)14(18)21-11(8)12;1-4-8(2,3)7(20)21-5-9(14,15)11(18,19)10(16,17)6(12)13/h7-12H,5-6H2,1-4H3;6H,4-5H2,1-3H3. The van der Waals surface area contributed by atoms with E-state index >= 15 is 0 Å². The monoisotopic (exact) mass is 640 g/mol. The highest BCUT2D eigenvalue weighted by atomic mass is 19.4. The molecule has 2 bridgehead atoms. The maximum Gasteiger partial charge on any atom is 0.381 e. The number of rotatable bonds is 11. The molecule has 0 aromatic rings. The first-order chi connectivity index (χ1) is 19.4. The predicted octanol–water partition coefficient (Wildman–Crippen LogP) is 5.45. The third kappa shape index (κ3) is 6.57. The lowest BCUT2D eigenvalue weighted by Crippen LogP contribution is -2.59. The molecule has 1 aliphatic heterocycles. The van der Waals surface area contributed by atoms with Gasteiger partial charge in [-0.05, 0) is 47.0 Å². The average Bonchev–Trinajstić information content (AvgIpc) is 3.55. The normalized spacial score (nSPS) is 26.9. The molecule has 0 N–H and O–H groups in total. The Labute approximate surface area is 243 Å². The summed E-state index contributed by atoms with van der Waals surface area (Å²) in [5, 5.41) is 0. The van der Waals surface area contributed by atoms with Crippen LogP contribution in [0.5, 0.6) is 0 Å². The highest BCUT2D eigenvalue weighted by Gasteiger charge is 2.76. The van der Waals surface area contributed by atoms with Gasteiger partial charge in [-0.1, -0.05) is 13.8 Å². The van der Waals surface area contributed by atoms with Crippen molar-refractivity contribution in [3.05, 3.63) is 0 Å². The molecule has 3 rings (SSSR count).